The van der Waals surface area contributed by atoms with Gasteiger partial charge in [0.25, 0.3) is 11.5 Å². The van der Waals surface area contributed by atoms with Gasteiger partial charge in [0.2, 0.25) is 14.3 Å². The molecule has 7 rings (SSSR count). The highest BCUT2D eigenvalue weighted by molar-refractivity contribution is 6.72. The van der Waals surface area contributed by atoms with Crippen LogP contribution >= 0.6 is 0 Å². The molecule has 244 valence electrons. The molecule has 47 heavy (non-hydrogen) atoms. The van der Waals surface area contributed by atoms with Crippen molar-refractivity contribution in [1.29, 1.82) is 0 Å². The van der Waals surface area contributed by atoms with Gasteiger partial charge in [-0.2, -0.15) is 9.78 Å². The summed E-state index contributed by atoms with van der Waals surface area (Å²) in [6.45, 7) is 5.82. The molecule has 2 saturated heterocycles. The molecule has 0 unspecified atom stereocenters. The molecule has 3 aliphatic heterocycles. The first kappa shape index (κ1) is 31.4. The smallest absolute Gasteiger partial charge is 0.279 e. The molecule has 4 heterocycles. The molecule has 1 aromatic heterocycles. The predicted molar refractivity (Wildman–Crippen MR) is 179 cm³/mol. The van der Waals surface area contributed by atoms with E-state index in [1.807, 2.05) is 73.7 Å². The normalized spacial score (nSPS) is 25.7. The predicted octanol–water partition coefficient (Wildman–Crippen LogP) is 5.08. The zero-order valence-corrected chi connectivity index (χ0v) is 27.8. The van der Waals surface area contributed by atoms with Crippen molar-refractivity contribution < 1.29 is 23.5 Å². The number of rotatable bonds is 7. The number of likely N-dealkylation sites (tertiary alicyclic amines) is 1. The summed E-state index contributed by atoms with van der Waals surface area (Å²) in [6.07, 6.45) is 2.41. The number of carbonyl (C=O) groups excluding carboxylic acids is 2. The second-order valence-electron chi connectivity index (χ2n) is 13.6. The van der Waals surface area contributed by atoms with Gasteiger partial charge in [0, 0.05) is 29.0 Å². The number of carbonyl (C=O) groups is 2. The highest BCUT2D eigenvalue weighted by atomic mass is 28.4. The fourth-order valence-electron chi connectivity index (χ4n) is 8.20. The van der Waals surface area contributed by atoms with Gasteiger partial charge >= 0.3 is 0 Å². The number of para-hydroxylation sites is 1. The summed E-state index contributed by atoms with van der Waals surface area (Å²) < 4.78 is 24.3. The number of benzene rings is 3. The van der Waals surface area contributed by atoms with Crippen LogP contribution in [0.1, 0.15) is 37.3 Å². The maximum Gasteiger partial charge on any atom is 0.279 e. The van der Waals surface area contributed by atoms with Crippen LogP contribution in [0.4, 0.5) is 9.80 Å². The molecular weight excluding hydrogens is 616 g/mol. The second kappa shape index (κ2) is 11.8. The van der Waals surface area contributed by atoms with E-state index in [1.165, 1.54) is 4.68 Å². The van der Waals surface area contributed by atoms with E-state index in [1.54, 1.807) is 35.2 Å². The van der Waals surface area contributed by atoms with Gasteiger partial charge in [0.15, 0.2) is 5.60 Å². The molecule has 4 aromatic rings. The van der Waals surface area contributed by atoms with Crippen molar-refractivity contribution in [2.75, 3.05) is 18.1 Å². The first-order valence-corrected chi connectivity index (χ1v) is 19.2. The van der Waals surface area contributed by atoms with Crippen LogP contribution in [-0.4, -0.2) is 65.3 Å². The fraction of sp³-hybridized carbons (Fsp3) is 0.389. The molecule has 2 amide bonds. The van der Waals surface area contributed by atoms with Crippen LogP contribution in [0.15, 0.2) is 83.8 Å². The number of halogens is 1. The summed E-state index contributed by atoms with van der Waals surface area (Å²) in [5, 5.41) is 15.5. The van der Waals surface area contributed by atoms with Crippen LogP contribution in [0, 0.1) is 5.92 Å². The first-order valence-electron chi connectivity index (χ1n) is 16.3. The van der Waals surface area contributed by atoms with E-state index in [0.29, 0.717) is 28.9 Å². The Bertz CT molecular complexity index is 1910. The number of amides is 2. The van der Waals surface area contributed by atoms with Crippen molar-refractivity contribution in [3.8, 4) is 5.69 Å². The first-order chi connectivity index (χ1) is 22.5. The average molecular weight is 655 g/mol. The molecule has 9 nitrogen and oxygen atoms in total. The minimum absolute atomic E-state index is 0.0350. The molecule has 0 saturated carbocycles. The molecular formula is C36H39FN4O5Si. The molecule has 1 spiro atoms. The summed E-state index contributed by atoms with van der Waals surface area (Å²) in [5.41, 5.74) is 0.595. The Hall–Kier alpha value is -4.19. The highest BCUT2D eigenvalue weighted by Gasteiger charge is 2.67. The maximum absolute atomic E-state index is 16.2. The number of fused-ring (bicyclic) bond motifs is 3. The maximum atomic E-state index is 16.2. The lowest BCUT2D eigenvalue weighted by molar-refractivity contribution is -0.150. The lowest BCUT2D eigenvalue weighted by Crippen LogP contribution is -2.45. The molecule has 1 N–H and O–H groups in total. The van der Waals surface area contributed by atoms with Gasteiger partial charge in [0.05, 0.1) is 54.7 Å². The highest BCUT2D eigenvalue weighted by Crippen LogP contribution is 2.60. The Labute approximate surface area is 273 Å². The summed E-state index contributed by atoms with van der Waals surface area (Å²) in [6, 6.07) is 21.9. The monoisotopic (exact) mass is 654 g/mol. The van der Waals surface area contributed by atoms with Crippen molar-refractivity contribution in [3.63, 3.8) is 0 Å². The Balaban J connectivity index is 1.19. The fourth-order valence-corrected chi connectivity index (χ4v) is 10.7. The third-order valence-corrected chi connectivity index (χ3v) is 12.8. The largest absolute Gasteiger partial charge is 0.394 e. The number of hydrogen-bond donors (Lipinski definition) is 1. The number of anilines is 1. The van der Waals surface area contributed by atoms with Crippen LogP contribution in [0.3, 0.4) is 0 Å². The molecule has 3 aromatic carbocycles. The molecule has 0 bridgehead atoms. The second-order valence-corrected chi connectivity index (χ2v) is 17.4. The van der Waals surface area contributed by atoms with E-state index in [-0.39, 0.29) is 43.0 Å². The van der Waals surface area contributed by atoms with Crippen LogP contribution in [0.25, 0.3) is 16.5 Å². The average Bonchev–Trinajstić information content (AvgIpc) is 3.72. The molecule has 2 fully saturated rings. The molecule has 0 aliphatic carbocycles. The van der Waals surface area contributed by atoms with Gasteiger partial charge in [-0.1, -0.05) is 55.5 Å². The van der Waals surface area contributed by atoms with Gasteiger partial charge in [-0.15, -0.1) is 0 Å². The third kappa shape index (κ3) is 5.11. The van der Waals surface area contributed by atoms with Crippen molar-refractivity contribution in [2.45, 2.75) is 69.1 Å². The van der Waals surface area contributed by atoms with Gasteiger partial charge < -0.3 is 23.8 Å². The standard InChI is InChI=1S/C36H39FN4O5Si/c1-23-33(47(2,3)37)31(19-32(43)39-18-8-10-27(39)22-42)46-36(23)29-12-6-7-13-30(29)40(35(36)45)21-24-14-16-26(17-15-24)41-34(44)28-11-5-4-9-25(28)20-38-41/h4-7,9,11-17,20,23,27,31,33,42H,8,10,18-19,21-22H2,1-3H3/t23-,27-,31+,33-,36+/m0/s1. The lowest BCUT2D eigenvalue weighted by atomic mass is 9.82. The number of nitrogens with zero attached hydrogens (tertiary/aromatic N) is 4. The van der Waals surface area contributed by atoms with Crippen LogP contribution in [0.5, 0.6) is 0 Å². The van der Waals surface area contributed by atoms with Crippen LogP contribution in [0.2, 0.25) is 18.6 Å². The SMILES string of the molecule is C[C@H]1[C@H]([Si](C)(C)F)[C@@H](CC(=O)N2CCC[C@H]2CO)O[C@]12C(=O)N(Cc1ccc(-n3ncc4ccccc4c3=O)cc1)c1ccccc12. The van der Waals surface area contributed by atoms with Crippen molar-refractivity contribution in [2.24, 2.45) is 5.92 Å². The Morgan fingerprint density at radius 1 is 1.06 bits per heavy atom. The number of aliphatic hydroxyl groups excluding tert-OH is 1. The summed E-state index contributed by atoms with van der Waals surface area (Å²) in [5.74, 6) is -0.948. The van der Waals surface area contributed by atoms with Crippen LogP contribution in [-0.2, 0) is 26.5 Å². The van der Waals surface area contributed by atoms with Crippen molar-refractivity contribution >= 4 is 36.7 Å². The Kier molecular flexibility index (Phi) is 7.89. The van der Waals surface area contributed by atoms with Crippen molar-refractivity contribution in [3.05, 3.63) is 100 Å². The lowest BCUT2D eigenvalue weighted by Gasteiger charge is -2.31. The van der Waals surface area contributed by atoms with E-state index in [9.17, 15) is 19.5 Å². The van der Waals surface area contributed by atoms with E-state index in [0.717, 1.165) is 23.8 Å². The molecule has 11 heteroatoms. The quantitative estimate of drug-likeness (QED) is 0.220. The van der Waals surface area contributed by atoms with Gasteiger partial charge in [0.1, 0.15) is 0 Å². The Morgan fingerprint density at radius 2 is 1.79 bits per heavy atom. The van der Waals surface area contributed by atoms with Gasteiger partial charge in [-0.25, -0.2) is 0 Å². The minimum atomic E-state index is -3.43. The number of aromatic nitrogens is 2. The minimum Gasteiger partial charge on any atom is -0.394 e. The third-order valence-electron chi connectivity index (χ3n) is 10.4. The zero-order valence-electron chi connectivity index (χ0n) is 26.8. The molecule has 5 atom stereocenters. The number of aliphatic hydroxyl groups is 1. The topological polar surface area (TPSA) is 105 Å². The molecule has 0 radical (unpaired) electrons. The molecule has 3 aliphatic rings. The summed E-state index contributed by atoms with van der Waals surface area (Å²) in [4.78, 5) is 44.6. The van der Waals surface area contributed by atoms with Crippen LogP contribution < -0.4 is 10.5 Å². The van der Waals surface area contributed by atoms with Gasteiger partial charge in [-0.05, 0) is 55.8 Å². The van der Waals surface area contributed by atoms with Crippen molar-refractivity contribution in [1.82, 2.24) is 14.7 Å². The summed E-state index contributed by atoms with van der Waals surface area (Å²) in [7, 11) is -3.43. The van der Waals surface area contributed by atoms with E-state index in [4.69, 9.17) is 4.74 Å². The van der Waals surface area contributed by atoms with Gasteiger partial charge in [-0.3, -0.25) is 14.4 Å². The van der Waals surface area contributed by atoms with E-state index in [2.05, 4.69) is 5.10 Å². The van der Waals surface area contributed by atoms with E-state index >= 15 is 4.11 Å². The summed E-state index contributed by atoms with van der Waals surface area (Å²) >= 11 is 0. The number of ether oxygens (including phenoxy) is 1. The zero-order chi connectivity index (χ0) is 33.1. The Morgan fingerprint density at radius 3 is 2.53 bits per heavy atom. The van der Waals surface area contributed by atoms with E-state index < -0.39 is 31.6 Å². The number of hydrogen-bond acceptors (Lipinski definition) is 6.